The molecule has 1 aromatic carbocycles. The third kappa shape index (κ3) is 2.52. The second-order valence-electron chi connectivity index (χ2n) is 5.90. The third-order valence-corrected chi connectivity index (χ3v) is 4.98. The molecule has 2 N–H and O–H groups in total. The number of aromatic amines is 1. The van der Waals surface area contributed by atoms with Crippen LogP contribution in [-0.2, 0) is 6.54 Å². The van der Waals surface area contributed by atoms with Crippen molar-refractivity contribution in [2.75, 3.05) is 0 Å². The van der Waals surface area contributed by atoms with Crippen LogP contribution in [0.4, 0.5) is 0 Å². The van der Waals surface area contributed by atoms with Gasteiger partial charge in [0.25, 0.3) is 0 Å². The van der Waals surface area contributed by atoms with Gasteiger partial charge in [-0.1, -0.05) is 31.5 Å². The lowest BCUT2D eigenvalue weighted by Crippen LogP contribution is -2.31. The van der Waals surface area contributed by atoms with E-state index in [1.807, 2.05) is 12.1 Å². The number of benzene rings is 1. The number of rotatable bonds is 3. The fourth-order valence-corrected chi connectivity index (χ4v) is 3.37. The van der Waals surface area contributed by atoms with E-state index in [4.69, 9.17) is 11.6 Å². The fourth-order valence-electron chi connectivity index (χ4n) is 3.20. The van der Waals surface area contributed by atoms with Gasteiger partial charge in [0.05, 0.1) is 0 Å². The van der Waals surface area contributed by atoms with Crippen LogP contribution in [0.25, 0.3) is 10.9 Å². The molecule has 1 aromatic heterocycles. The highest BCUT2D eigenvalue weighted by molar-refractivity contribution is 6.31. The summed E-state index contributed by atoms with van der Waals surface area (Å²) in [5.74, 6) is 1.62. The Morgan fingerprint density at radius 1 is 1.32 bits per heavy atom. The van der Waals surface area contributed by atoms with E-state index in [2.05, 4.69) is 36.4 Å². The molecule has 3 atom stereocenters. The van der Waals surface area contributed by atoms with Gasteiger partial charge in [0.15, 0.2) is 0 Å². The van der Waals surface area contributed by atoms with E-state index >= 15 is 0 Å². The summed E-state index contributed by atoms with van der Waals surface area (Å²) in [6, 6.07) is 6.71. The molecular formula is C16H21ClN2. The van der Waals surface area contributed by atoms with Crippen molar-refractivity contribution in [3.63, 3.8) is 0 Å². The van der Waals surface area contributed by atoms with Crippen LogP contribution in [0.2, 0.25) is 5.02 Å². The maximum Gasteiger partial charge on any atom is 0.0472 e. The van der Waals surface area contributed by atoms with E-state index in [0.29, 0.717) is 6.04 Å². The molecule has 0 amide bonds. The van der Waals surface area contributed by atoms with Gasteiger partial charge in [-0.25, -0.2) is 0 Å². The van der Waals surface area contributed by atoms with Gasteiger partial charge < -0.3 is 10.3 Å². The van der Waals surface area contributed by atoms with Gasteiger partial charge in [-0.2, -0.15) is 0 Å². The number of hydrogen-bond acceptors (Lipinski definition) is 1. The second kappa shape index (κ2) is 5.18. The van der Waals surface area contributed by atoms with Gasteiger partial charge in [-0.15, -0.1) is 0 Å². The van der Waals surface area contributed by atoms with Crippen LogP contribution in [0.1, 0.15) is 32.3 Å². The molecule has 102 valence electrons. The van der Waals surface area contributed by atoms with Crippen molar-refractivity contribution in [1.29, 1.82) is 0 Å². The van der Waals surface area contributed by atoms with Crippen LogP contribution >= 0.6 is 11.6 Å². The highest BCUT2D eigenvalue weighted by Gasteiger charge is 2.29. The monoisotopic (exact) mass is 276 g/mol. The summed E-state index contributed by atoms with van der Waals surface area (Å²) in [5.41, 5.74) is 2.45. The SMILES string of the molecule is CC1CCC(NCc2c[nH]c3cc(Cl)ccc23)C1C. The quantitative estimate of drug-likeness (QED) is 0.857. The van der Waals surface area contributed by atoms with E-state index < -0.39 is 0 Å². The molecule has 1 aliphatic rings. The summed E-state index contributed by atoms with van der Waals surface area (Å²) in [6.07, 6.45) is 4.75. The van der Waals surface area contributed by atoms with Gasteiger partial charge in [-0.3, -0.25) is 0 Å². The number of nitrogens with one attached hydrogen (secondary N) is 2. The minimum Gasteiger partial charge on any atom is -0.361 e. The Morgan fingerprint density at radius 2 is 2.16 bits per heavy atom. The Labute approximate surface area is 119 Å². The predicted octanol–water partition coefficient (Wildman–Crippen LogP) is 4.35. The number of H-pyrrole nitrogens is 1. The van der Waals surface area contributed by atoms with Gasteiger partial charge >= 0.3 is 0 Å². The molecule has 0 saturated heterocycles. The van der Waals surface area contributed by atoms with Crippen molar-refractivity contribution in [2.24, 2.45) is 11.8 Å². The van der Waals surface area contributed by atoms with Gasteiger partial charge in [0, 0.05) is 34.7 Å². The maximum absolute atomic E-state index is 6.01. The van der Waals surface area contributed by atoms with E-state index in [-0.39, 0.29) is 0 Å². The zero-order valence-corrected chi connectivity index (χ0v) is 12.3. The molecule has 2 aromatic rings. The first kappa shape index (κ1) is 13.0. The van der Waals surface area contributed by atoms with Crippen molar-refractivity contribution in [3.05, 3.63) is 35.0 Å². The van der Waals surface area contributed by atoms with Crippen molar-refractivity contribution in [1.82, 2.24) is 10.3 Å². The molecule has 0 radical (unpaired) electrons. The average molecular weight is 277 g/mol. The van der Waals surface area contributed by atoms with Gasteiger partial charge in [0.2, 0.25) is 0 Å². The number of halogens is 1. The average Bonchev–Trinajstić information content (AvgIpc) is 2.93. The number of aromatic nitrogens is 1. The lowest BCUT2D eigenvalue weighted by Gasteiger charge is -2.19. The van der Waals surface area contributed by atoms with E-state index in [1.54, 1.807) is 0 Å². The van der Waals surface area contributed by atoms with Crippen molar-refractivity contribution in [2.45, 2.75) is 39.3 Å². The van der Waals surface area contributed by atoms with Crippen molar-refractivity contribution >= 4 is 22.5 Å². The Balaban J connectivity index is 1.72. The van der Waals surface area contributed by atoms with Crippen LogP contribution in [-0.4, -0.2) is 11.0 Å². The first-order chi connectivity index (χ1) is 9.15. The summed E-state index contributed by atoms with van der Waals surface area (Å²) in [4.78, 5) is 3.30. The molecule has 1 saturated carbocycles. The Bertz CT molecular complexity index is 575. The van der Waals surface area contributed by atoms with E-state index in [1.165, 1.54) is 23.8 Å². The first-order valence-electron chi connectivity index (χ1n) is 7.14. The standard InChI is InChI=1S/C16H21ClN2/c1-10-3-6-15(11(10)2)18-8-12-9-19-16-7-13(17)4-5-14(12)16/h4-5,7,9-11,15,18-19H,3,6,8H2,1-2H3. The molecular weight excluding hydrogens is 256 g/mol. The molecule has 3 rings (SSSR count). The van der Waals surface area contributed by atoms with Crippen LogP contribution in [0.5, 0.6) is 0 Å². The molecule has 3 unspecified atom stereocenters. The minimum absolute atomic E-state index is 0.659. The summed E-state index contributed by atoms with van der Waals surface area (Å²) in [7, 11) is 0. The van der Waals surface area contributed by atoms with Crippen LogP contribution in [0, 0.1) is 11.8 Å². The lowest BCUT2D eigenvalue weighted by atomic mass is 9.97. The molecule has 0 aliphatic heterocycles. The van der Waals surface area contributed by atoms with Crippen molar-refractivity contribution in [3.8, 4) is 0 Å². The highest BCUT2D eigenvalue weighted by atomic mass is 35.5. The lowest BCUT2D eigenvalue weighted by molar-refractivity contribution is 0.370. The van der Waals surface area contributed by atoms with Crippen LogP contribution in [0.15, 0.2) is 24.4 Å². The minimum atomic E-state index is 0.659. The molecule has 1 aliphatic carbocycles. The number of hydrogen-bond donors (Lipinski definition) is 2. The third-order valence-electron chi connectivity index (χ3n) is 4.75. The fraction of sp³-hybridized carbons (Fsp3) is 0.500. The van der Waals surface area contributed by atoms with E-state index in [0.717, 1.165) is 28.9 Å². The number of fused-ring (bicyclic) bond motifs is 1. The Kier molecular flexibility index (Phi) is 3.55. The zero-order chi connectivity index (χ0) is 13.4. The molecule has 3 heteroatoms. The highest BCUT2D eigenvalue weighted by Crippen LogP contribution is 2.31. The molecule has 19 heavy (non-hydrogen) atoms. The van der Waals surface area contributed by atoms with E-state index in [9.17, 15) is 0 Å². The summed E-state index contributed by atoms with van der Waals surface area (Å²) < 4.78 is 0. The summed E-state index contributed by atoms with van der Waals surface area (Å²) in [5, 5.41) is 5.78. The molecule has 2 nitrogen and oxygen atoms in total. The second-order valence-corrected chi connectivity index (χ2v) is 6.34. The van der Waals surface area contributed by atoms with Crippen LogP contribution < -0.4 is 5.32 Å². The zero-order valence-electron chi connectivity index (χ0n) is 11.5. The smallest absolute Gasteiger partial charge is 0.0472 e. The molecule has 1 fully saturated rings. The molecule has 0 spiro atoms. The summed E-state index contributed by atoms with van der Waals surface area (Å²) >= 11 is 6.01. The molecule has 0 bridgehead atoms. The largest absolute Gasteiger partial charge is 0.361 e. The Hall–Kier alpha value is -0.990. The van der Waals surface area contributed by atoms with Gasteiger partial charge in [0.1, 0.15) is 0 Å². The predicted molar refractivity (Wildman–Crippen MR) is 81.5 cm³/mol. The Morgan fingerprint density at radius 3 is 2.89 bits per heavy atom. The van der Waals surface area contributed by atoms with Gasteiger partial charge in [-0.05, 0) is 42.4 Å². The summed E-state index contributed by atoms with van der Waals surface area (Å²) in [6.45, 7) is 5.66. The topological polar surface area (TPSA) is 27.8 Å². The molecule has 1 heterocycles. The normalized spacial score (nSPS) is 27.2. The van der Waals surface area contributed by atoms with Crippen molar-refractivity contribution < 1.29 is 0 Å². The maximum atomic E-state index is 6.01. The van der Waals surface area contributed by atoms with Crippen LogP contribution in [0.3, 0.4) is 0 Å². The first-order valence-corrected chi connectivity index (χ1v) is 7.52.